The van der Waals surface area contributed by atoms with Crippen molar-refractivity contribution in [1.29, 1.82) is 0 Å². The maximum absolute atomic E-state index is 12.0. The van der Waals surface area contributed by atoms with Crippen LogP contribution in [0, 0.1) is 6.92 Å². The van der Waals surface area contributed by atoms with Crippen LogP contribution in [-0.4, -0.2) is 20.7 Å². The van der Waals surface area contributed by atoms with Gasteiger partial charge in [-0.1, -0.05) is 6.42 Å². The number of hydrogen-bond donors (Lipinski definition) is 1. The minimum atomic E-state index is -0.210. The number of nitrogens with one attached hydrogen (secondary N) is 1. The van der Waals surface area contributed by atoms with E-state index in [2.05, 4.69) is 20.1 Å². The molecule has 0 fully saturated rings. The zero-order valence-electron chi connectivity index (χ0n) is 11.6. The highest BCUT2D eigenvalue weighted by atomic mass is 16.3. The van der Waals surface area contributed by atoms with Crippen LogP contribution in [0.3, 0.4) is 0 Å². The van der Waals surface area contributed by atoms with E-state index in [0.717, 1.165) is 43.0 Å². The molecule has 0 aromatic carbocycles. The van der Waals surface area contributed by atoms with Crippen LogP contribution in [0.5, 0.6) is 0 Å². The summed E-state index contributed by atoms with van der Waals surface area (Å²) in [5.41, 5.74) is 0.836. The molecule has 106 valence electrons. The molecule has 0 saturated heterocycles. The van der Waals surface area contributed by atoms with E-state index in [0.29, 0.717) is 12.3 Å². The quantitative estimate of drug-likeness (QED) is 0.926. The Kier molecular flexibility index (Phi) is 3.54. The van der Waals surface area contributed by atoms with E-state index in [9.17, 15) is 4.79 Å². The van der Waals surface area contributed by atoms with E-state index < -0.39 is 0 Å². The Hall–Kier alpha value is -2.11. The minimum absolute atomic E-state index is 0.210. The number of carbonyl (C=O) groups excluding carboxylic acids is 1. The van der Waals surface area contributed by atoms with Crippen molar-refractivity contribution in [2.24, 2.45) is 0 Å². The first-order valence-electron chi connectivity index (χ1n) is 6.99. The molecule has 0 aliphatic carbocycles. The first-order chi connectivity index (χ1) is 9.75. The highest BCUT2D eigenvalue weighted by Crippen LogP contribution is 2.14. The highest BCUT2D eigenvalue weighted by molar-refractivity contribution is 5.92. The molecule has 0 spiro atoms. The van der Waals surface area contributed by atoms with Crippen molar-refractivity contribution in [3.05, 3.63) is 35.3 Å². The molecule has 2 aromatic rings. The maximum atomic E-state index is 12.0. The molecule has 0 atom stereocenters. The van der Waals surface area contributed by atoms with E-state index >= 15 is 0 Å². The molecular formula is C14H18N4O2. The second kappa shape index (κ2) is 5.48. The second-order valence-corrected chi connectivity index (χ2v) is 5.11. The average molecular weight is 274 g/mol. The molecule has 6 nitrogen and oxygen atoms in total. The lowest BCUT2D eigenvalue weighted by Gasteiger charge is -2.07. The highest BCUT2D eigenvalue weighted by Gasteiger charge is 2.17. The van der Waals surface area contributed by atoms with Crippen LogP contribution in [0.15, 0.2) is 16.7 Å². The number of furan rings is 1. The Bertz CT molecular complexity index is 614. The fraction of sp³-hybridized carbons (Fsp3) is 0.500. The van der Waals surface area contributed by atoms with Gasteiger partial charge in [-0.05, 0) is 25.8 Å². The molecule has 3 rings (SSSR count). The molecule has 0 unspecified atom stereocenters. The lowest BCUT2D eigenvalue weighted by molar-refractivity contribution is 0.0920. The van der Waals surface area contributed by atoms with Crippen molar-refractivity contribution in [1.82, 2.24) is 20.1 Å². The summed E-state index contributed by atoms with van der Waals surface area (Å²) in [6.07, 6.45) is 6.02. The molecule has 2 aromatic heterocycles. The molecule has 0 bridgehead atoms. The van der Waals surface area contributed by atoms with E-state index in [1.807, 2.05) is 6.92 Å². The first-order valence-corrected chi connectivity index (χ1v) is 6.99. The zero-order chi connectivity index (χ0) is 13.9. The zero-order valence-corrected chi connectivity index (χ0v) is 11.6. The number of rotatable bonds is 3. The number of aryl methyl sites for hydroxylation is 2. The number of hydrogen-bond acceptors (Lipinski definition) is 4. The first kappa shape index (κ1) is 12.9. The van der Waals surface area contributed by atoms with Gasteiger partial charge in [-0.3, -0.25) is 4.79 Å². The SMILES string of the molecule is Cc1ccoc1C(=O)NCc1nnc2n1CCCCC2. The molecule has 1 amide bonds. The predicted octanol–water partition coefficient (Wildman–Crippen LogP) is 1.84. The standard InChI is InChI=1S/C14H18N4O2/c1-10-6-8-20-13(10)14(19)15-9-12-17-16-11-5-3-2-4-7-18(11)12/h6,8H,2-5,7,9H2,1H3,(H,15,19). The molecule has 20 heavy (non-hydrogen) atoms. The van der Waals surface area contributed by atoms with Crippen LogP contribution >= 0.6 is 0 Å². The van der Waals surface area contributed by atoms with Crippen molar-refractivity contribution in [2.45, 2.75) is 45.7 Å². The number of nitrogens with zero attached hydrogens (tertiary/aromatic N) is 3. The van der Waals surface area contributed by atoms with Crippen LogP contribution in [-0.2, 0) is 19.5 Å². The molecule has 0 radical (unpaired) electrons. The van der Waals surface area contributed by atoms with Gasteiger partial charge in [-0.2, -0.15) is 0 Å². The van der Waals surface area contributed by atoms with Gasteiger partial charge in [0.25, 0.3) is 5.91 Å². The van der Waals surface area contributed by atoms with Gasteiger partial charge in [0, 0.05) is 18.5 Å². The third-order valence-corrected chi connectivity index (χ3v) is 3.66. The number of fused-ring (bicyclic) bond motifs is 1. The molecule has 1 aliphatic rings. The van der Waals surface area contributed by atoms with Gasteiger partial charge in [0.05, 0.1) is 12.8 Å². The Balaban J connectivity index is 1.68. The van der Waals surface area contributed by atoms with Crippen molar-refractivity contribution in [3.63, 3.8) is 0 Å². The van der Waals surface area contributed by atoms with Crippen LogP contribution in [0.4, 0.5) is 0 Å². The van der Waals surface area contributed by atoms with Gasteiger partial charge in [0.1, 0.15) is 5.82 Å². The summed E-state index contributed by atoms with van der Waals surface area (Å²) in [6, 6.07) is 1.78. The van der Waals surface area contributed by atoms with Crippen molar-refractivity contribution in [2.75, 3.05) is 0 Å². The van der Waals surface area contributed by atoms with E-state index in [4.69, 9.17) is 4.42 Å². The van der Waals surface area contributed by atoms with Gasteiger partial charge >= 0.3 is 0 Å². The Morgan fingerprint density at radius 1 is 1.40 bits per heavy atom. The van der Waals surface area contributed by atoms with E-state index in [1.54, 1.807) is 6.07 Å². The molecule has 3 heterocycles. The monoisotopic (exact) mass is 274 g/mol. The summed E-state index contributed by atoms with van der Waals surface area (Å²) < 4.78 is 7.30. The van der Waals surface area contributed by atoms with Crippen molar-refractivity contribution >= 4 is 5.91 Å². The van der Waals surface area contributed by atoms with Gasteiger partial charge in [-0.25, -0.2) is 0 Å². The van der Waals surface area contributed by atoms with Crippen molar-refractivity contribution < 1.29 is 9.21 Å². The van der Waals surface area contributed by atoms with Crippen LogP contribution < -0.4 is 5.32 Å². The van der Waals surface area contributed by atoms with Gasteiger partial charge in [0.15, 0.2) is 11.6 Å². The summed E-state index contributed by atoms with van der Waals surface area (Å²) in [6.45, 7) is 3.17. The largest absolute Gasteiger partial charge is 0.459 e. The average Bonchev–Trinajstić information content (AvgIpc) is 2.96. The fourth-order valence-corrected chi connectivity index (χ4v) is 2.52. The predicted molar refractivity (Wildman–Crippen MR) is 72.2 cm³/mol. The number of aromatic nitrogens is 3. The third kappa shape index (κ3) is 2.45. The lowest BCUT2D eigenvalue weighted by Crippen LogP contribution is -2.25. The molecule has 1 aliphatic heterocycles. The van der Waals surface area contributed by atoms with Gasteiger partial charge in [0.2, 0.25) is 0 Å². The Morgan fingerprint density at radius 3 is 3.10 bits per heavy atom. The van der Waals surface area contributed by atoms with E-state index in [-0.39, 0.29) is 5.91 Å². The second-order valence-electron chi connectivity index (χ2n) is 5.11. The number of carbonyl (C=O) groups is 1. The fourth-order valence-electron chi connectivity index (χ4n) is 2.52. The van der Waals surface area contributed by atoms with Crippen LogP contribution in [0.1, 0.15) is 47.0 Å². The summed E-state index contributed by atoms with van der Waals surface area (Å²) in [7, 11) is 0. The smallest absolute Gasteiger partial charge is 0.287 e. The summed E-state index contributed by atoms with van der Waals surface area (Å²) in [4.78, 5) is 12.0. The van der Waals surface area contributed by atoms with Crippen LogP contribution in [0.25, 0.3) is 0 Å². The third-order valence-electron chi connectivity index (χ3n) is 3.66. The molecule has 0 saturated carbocycles. The van der Waals surface area contributed by atoms with Gasteiger partial charge < -0.3 is 14.3 Å². The maximum Gasteiger partial charge on any atom is 0.287 e. The summed E-state index contributed by atoms with van der Waals surface area (Å²) >= 11 is 0. The molecule has 1 N–H and O–H groups in total. The van der Waals surface area contributed by atoms with Crippen LogP contribution in [0.2, 0.25) is 0 Å². The van der Waals surface area contributed by atoms with E-state index in [1.165, 1.54) is 12.7 Å². The topological polar surface area (TPSA) is 73.0 Å². The minimum Gasteiger partial charge on any atom is -0.459 e. The lowest BCUT2D eigenvalue weighted by atomic mass is 10.2. The number of amides is 1. The summed E-state index contributed by atoms with van der Waals surface area (Å²) in [5, 5.41) is 11.2. The summed E-state index contributed by atoms with van der Waals surface area (Å²) in [5.74, 6) is 2.00. The Labute approximate surface area is 117 Å². The van der Waals surface area contributed by atoms with Gasteiger partial charge in [-0.15, -0.1) is 10.2 Å². The van der Waals surface area contributed by atoms with Crippen molar-refractivity contribution in [3.8, 4) is 0 Å². The molecular weight excluding hydrogens is 256 g/mol. The molecule has 6 heteroatoms. The Morgan fingerprint density at radius 2 is 2.30 bits per heavy atom. The normalized spacial score (nSPS) is 14.7.